The van der Waals surface area contributed by atoms with Crippen molar-refractivity contribution in [2.75, 3.05) is 18.0 Å². The van der Waals surface area contributed by atoms with Gasteiger partial charge in [-0.15, -0.1) is 0 Å². The molecule has 0 bridgehead atoms. The van der Waals surface area contributed by atoms with Crippen LogP contribution in [-0.4, -0.2) is 31.1 Å². The molecule has 0 fully saturated rings. The highest BCUT2D eigenvalue weighted by Gasteiger charge is 2.21. The standard InChI is InChI=1S/C13H18N4O2/c14-10-7-9-3-1-2-4-11(9)17(8-10)6-5-12(18)16-13(15)19/h1-4,10H,5-8,14H2,(H3,15,16,18,19). The molecule has 0 aromatic heterocycles. The summed E-state index contributed by atoms with van der Waals surface area (Å²) in [6, 6.07) is 7.26. The molecule has 0 saturated carbocycles. The lowest BCUT2D eigenvalue weighted by atomic mass is 9.98. The van der Waals surface area contributed by atoms with Gasteiger partial charge in [-0.2, -0.15) is 0 Å². The second-order valence-corrected chi connectivity index (χ2v) is 4.70. The van der Waals surface area contributed by atoms with Crippen molar-refractivity contribution in [2.24, 2.45) is 11.5 Å². The Bertz CT molecular complexity index is 489. The van der Waals surface area contributed by atoms with Gasteiger partial charge in [-0.05, 0) is 18.1 Å². The molecule has 2 rings (SSSR count). The van der Waals surface area contributed by atoms with Crippen LogP contribution < -0.4 is 21.7 Å². The van der Waals surface area contributed by atoms with E-state index in [0.29, 0.717) is 13.1 Å². The molecule has 5 N–H and O–H groups in total. The van der Waals surface area contributed by atoms with Crippen LogP contribution in [0, 0.1) is 0 Å². The van der Waals surface area contributed by atoms with Gasteiger partial charge in [-0.25, -0.2) is 4.79 Å². The second kappa shape index (κ2) is 5.71. The van der Waals surface area contributed by atoms with Gasteiger partial charge in [0.25, 0.3) is 0 Å². The summed E-state index contributed by atoms with van der Waals surface area (Å²) in [4.78, 5) is 24.1. The zero-order chi connectivity index (χ0) is 13.8. The molecular formula is C13H18N4O2. The number of carbonyl (C=O) groups is 2. The van der Waals surface area contributed by atoms with E-state index in [1.165, 1.54) is 5.56 Å². The summed E-state index contributed by atoms with van der Waals surface area (Å²) in [6.45, 7) is 1.23. The number of hydrogen-bond acceptors (Lipinski definition) is 4. The molecule has 1 unspecified atom stereocenters. The molecule has 1 aromatic carbocycles. The van der Waals surface area contributed by atoms with Crippen molar-refractivity contribution in [3.05, 3.63) is 29.8 Å². The number of anilines is 1. The van der Waals surface area contributed by atoms with Crippen molar-refractivity contribution in [3.63, 3.8) is 0 Å². The lowest BCUT2D eigenvalue weighted by Gasteiger charge is -2.34. The third-order valence-electron chi connectivity index (χ3n) is 3.14. The fourth-order valence-corrected chi connectivity index (χ4v) is 2.37. The SMILES string of the molecule is NC(=O)NC(=O)CCN1CC(N)Cc2ccccc21. The maximum Gasteiger partial charge on any atom is 0.318 e. The monoisotopic (exact) mass is 262 g/mol. The maximum absolute atomic E-state index is 11.4. The van der Waals surface area contributed by atoms with E-state index in [2.05, 4.69) is 10.2 Å². The molecule has 0 radical (unpaired) electrons. The number of nitrogens with zero attached hydrogens (tertiary/aromatic N) is 1. The fraction of sp³-hybridized carbons (Fsp3) is 0.385. The number of amides is 3. The third kappa shape index (κ3) is 3.45. The Morgan fingerprint density at radius 1 is 1.37 bits per heavy atom. The number of nitrogens with one attached hydrogen (secondary N) is 1. The highest BCUT2D eigenvalue weighted by molar-refractivity contribution is 5.93. The Morgan fingerprint density at radius 3 is 2.84 bits per heavy atom. The minimum Gasteiger partial charge on any atom is -0.369 e. The predicted octanol–water partition coefficient (Wildman–Crippen LogP) is -0.0386. The number of carbonyl (C=O) groups excluding carboxylic acids is 2. The summed E-state index contributed by atoms with van der Waals surface area (Å²) < 4.78 is 0. The topological polar surface area (TPSA) is 101 Å². The van der Waals surface area contributed by atoms with E-state index in [9.17, 15) is 9.59 Å². The molecule has 1 heterocycles. The zero-order valence-corrected chi connectivity index (χ0v) is 10.6. The number of nitrogens with two attached hydrogens (primary N) is 2. The number of imide groups is 1. The lowest BCUT2D eigenvalue weighted by Crippen LogP contribution is -2.45. The number of urea groups is 1. The van der Waals surface area contributed by atoms with E-state index in [4.69, 9.17) is 11.5 Å². The van der Waals surface area contributed by atoms with Crippen LogP contribution in [0.2, 0.25) is 0 Å². The number of rotatable bonds is 3. The van der Waals surface area contributed by atoms with Gasteiger partial charge < -0.3 is 16.4 Å². The minimum absolute atomic E-state index is 0.0640. The van der Waals surface area contributed by atoms with Crippen LogP contribution in [0.25, 0.3) is 0 Å². The van der Waals surface area contributed by atoms with Gasteiger partial charge in [-0.1, -0.05) is 18.2 Å². The van der Waals surface area contributed by atoms with E-state index in [-0.39, 0.29) is 18.4 Å². The predicted molar refractivity (Wildman–Crippen MR) is 72.7 cm³/mol. The summed E-state index contributed by atoms with van der Waals surface area (Å²) in [5.41, 5.74) is 13.2. The first kappa shape index (κ1) is 13.4. The molecule has 102 valence electrons. The Hall–Kier alpha value is -2.08. The summed E-state index contributed by atoms with van der Waals surface area (Å²) in [5, 5.41) is 2.06. The molecule has 1 atom stereocenters. The zero-order valence-electron chi connectivity index (χ0n) is 10.6. The van der Waals surface area contributed by atoms with Gasteiger partial charge in [-0.3, -0.25) is 10.1 Å². The van der Waals surface area contributed by atoms with Gasteiger partial charge >= 0.3 is 6.03 Å². The molecule has 1 aliphatic heterocycles. The molecule has 1 aliphatic rings. The first-order valence-electron chi connectivity index (χ1n) is 6.24. The van der Waals surface area contributed by atoms with Gasteiger partial charge in [0, 0.05) is 31.2 Å². The summed E-state index contributed by atoms with van der Waals surface area (Å²) in [5.74, 6) is -0.371. The van der Waals surface area contributed by atoms with Gasteiger partial charge in [0.1, 0.15) is 0 Å². The van der Waals surface area contributed by atoms with Crippen molar-refractivity contribution in [2.45, 2.75) is 18.9 Å². The molecule has 0 spiro atoms. The molecule has 0 aliphatic carbocycles. The van der Waals surface area contributed by atoms with Crippen molar-refractivity contribution >= 4 is 17.6 Å². The molecule has 19 heavy (non-hydrogen) atoms. The smallest absolute Gasteiger partial charge is 0.318 e. The lowest BCUT2D eigenvalue weighted by molar-refractivity contribution is -0.119. The summed E-state index contributed by atoms with van der Waals surface area (Å²) in [6.07, 6.45) is 1.06. The van der Waals surface area contributed by atoms with Crippen LogP contribution in [0.5, 0.6) is 0 Å². The fourth-order valence-electron chi connectivity index (χ4n) is 2.37. The van der Waals surface area contributed by atoms with E-state index in [1.54, 1.807) is 0 Å². The summed E-state index contributed by atoms with van der Waals surface area (Å²) >= 11 is 0. The maximum atomic E-state index is 11.4. The average Bonchev–Trinajstić information content (AvgIpc) is 2.35. The molecular weight excluding hydrogens is 244 g/mol. The Kier molecular flexibility index (Phi) is 4.01. The van der Waals surface area contributed by atoms with Crippen LogP contribution in [0.4, 0.5) is 10.5 Å². The van der Waals surface area contributed by atoms with E-state index in [1.807, 2.05) is 24.3 Å². The van der Waals surface area contributed by atoms with Gasteiger partial charge in [0.15, 0.2) is 0 Å². The third-order valence-corrected chi connectivity index (χ3v) is 3.14. The van der Waals surface area contributed by atoms with Crippen molar-refractivity contribution in [3.8, 4) is 0 Å². The van der Waals surface area contributed by atoms with Crippen LogP contribution in [0.1, 0.15) is 12.0 Å². The largest absolute Gasteiger partial charge is 0.369 e. The van der Waals surface area contributed by atoms with Gasteiger partial charge in [0.05, 0.1) is 0 Å². The Balaban J connectivity index is 2.01. The molecule has 6 heteroatoms. The van der Waals surface area contributed by atoms with Crippen LogP contribution in [-0.2, 0) is 11.2 Å². The number of hydrogen-bond donors (Lipinski definition) is 3. The highest BCUT2D eigenvalue weighted by atomic mass is 16.2. The number of para-hydroxylation sites is 1. The number of primary amides is 1. The summed E-state index contributed by atoms with van der Waals surface area (Å²) in [7, 11) is 0. The Labute approximate surface area is 111 Å². The van der Waals surface area contributed by atoms with Gasteiger partial charge in [0.2, 0.25) is 5.91 Å². The molecule has 3 amide bonds. The first-order chi connectivity index (χ1) is 9.06. The van der Waals surface area contributed by atoms with Crippen molar-refractivity contribution in [1.82, 2.24) is 5.32 Å². The molecule has 6 nitrogen and oxygen atoms in total. The Morgan fingerprint density at radius 2 is 2.11 bits per heavy atom. The van der Waals surface area contributed by atoms with E-state index < -0.39 is 6.03 Å². The van der Waals surface area contributed by atoms with Crippen LogP contribution >= 0.6 is 0 Å². The molecule has 1 aromatic rings. The second-order valence-electron chi connectivity index (χ2n) is 4.70. The highest BCUT2D eigenvalue weighted by Crippen LogP contribution is 2.26. The van der Waals surface area contributed by atoms with Crippen molar-refractivity contribution < 1.29 is 9.59 Å². The first-order valence-corrected chi connectivity index (χ1v) is 6.24. The van der Waals surface area contributed by atoms with E-state index >= 15 is 0 Å². The van der Waals surface area contributed by atoms with Crippen LogP contribution in [0.15, 0.2) is 24.3 Å². The minimum atomic E-state index is -0.819. The number of fused-ring (bicyclic) bond motifs is 1. The van der Waals surface area contributed by atoms with Crippen LogP contribution in [0.3, 0.4) is 0 Å². The normalized spacial score (nSPS) is 17.7. The van der Waals surface area contributed by atoms with E-state index in [0.717, 1.165) is 12.1 Å². The average molecular weight is 262 g/mol. The number of benzene rings is 1. The molecule has 0 saturated heterocycles. The quantitative estimate of drug-likeness (QED) is 0.711. The van der Waals surface area contributed by atoms with Crippen molar-refractivity contribution in [1.29, 1.82) is 0 Å².